The summed E-state index contributed by atoms with van der Waals surface area (Å²) in [6, 6.07) is 5.86. The summed E-state index contributed by atoms with van der Waals surface area (Å²) in [4.78, 5) is 2.08. The first-order valence-corrected chi connectivity index (χ1v) is 9.82. The zero-order valence-corrected chi connectivity index (χ0v) is 13.8. The average molecular weight is 369 g/mol. The van der Waals surface area contributed by atoms with Crippen molar-refractivity contribution in [2.45, 2.75) is 19.0 Å². The molecule has 2 heterocycles. The first-order valence-electron chi connectivity index (χ1n) is 6.40. The van der Waals surface area contributed by atoms with E-state index in [0.717, 1.165) is 15.3 Å². The number of sulfonamides is 1. The maximum atomic E-state index is 12.0. The van der Waals surface area contributed by atoms with Crippen molar-refractivity contribution >= 4 is 32.7 Å². The third-order valence-electron chi connectivity index (χ3n) is 2.81. The van der Waals surface area contributed by atoms with E-state index in [4.69, 9.17) is 0 Å². The lowest BCUT2D eigenvalue weighted by Gasteiger charge is -2.08. The molecule has 2 aromatic rings. The number of alkyl halides is 3. The van der Waals surface area contributed by atoms with Gasteiger partial charge in [-0.05, 0) is 35.4 Å². The van der Waals surface area contributed by atoms with E-state index in [2.05, 4.69) is 4.72 Å². The summed E-state index contributed by atoms with van der Waals surface area (Å²) < 4.78 is 61.2. The summed E-state index contributed by atoms with van der Waals surface area (Å²) in [6.07, 6.45) is -5.33. The Morgan fingerprint density at radius 2 is 1.95 bits per heavy atom. The molecule has 0 unspecified atom stereocenters. The van der Waals surface area contributed by atoms with E-state index < -0.39 is 28.4 Å². The van der Waals surface area contributed by atoms with Crippen molar-refractivity contribution in [2.75, 3.05) is 12.3 Å². The fourth-order valence-corrected chi connectivity index (χ4v) is 4.52. The lowest BCUT2D eigenvalue weighted by atomic mass is 10.3. The lowest BCUT2D eigenvalue weighted by Crippen LogP contribution is -2.30. The molecule has 1 N–H and O–H groups in total. The van der Waals surface area contributed by atoms with Gasteiger partial charge in [-0.15, -0.1) is 11.3 Å². The fraction of sp³-hybridized carbons (Fsp3) is 0.385. The van der Waals surface area contributed by atoms with Crippen LogP contribution < -0.4 is 4.72 Å². The molecule has 2 aromatic heterocycles. The van der Waals surface area contributed by atoms with Crippen LogP contribution in [0.5, 0.6) is 0 Å². The fourth-order valence-electron chi connectivity index (χ4n) is 1.72. The molecule has 0 aliphatic carbocycles. The minimum Gasteiger partial charge on any atom is -0.215 e. The van der Waals surface area contributed by atoms with Crippen LogP contribution in [0, 0.1) is 0 Å². The molecule has 0 saturated heterocycles. The highest BCUT2D eigenvalue weighted by Gasteiger charge is 2.29. The molecular weight excluding hydrogens is 355 g/mol. The number of rotatable bonds is 7. The van der Waals surface area contributed by atoms with Gasteiger partial charge in [-0.2, -0.15) is 24.5 Å². The second-order valence-corrected chi connectivity index (χ2v) is 8.48. The van der Waals surface area contributed by atoms with E-state index in [-0.39, 0.29) is 6.54 Å². The molecule has 122 valence electrons. The van der Waals surface area contributed by atoms with E-state index in [9.17, 15) is 21.6 Å². The summed E-state index contributed by atoms with van der Waals surface area (Å²) in [6.45, 7) is 0.101. The predicted molar refractivity (Wildman–Crippen MR) is 83.8 cm³/mol. The van der Waals surface area contributed by atoms with Crippen LogP contribution in [-0.2, 0) is 16.4 Å². The van der Waals surface area contributed by atoms with E-state index in [1.165, 1.54) is 0 Å². The van der Waals surface area contributed by atoms with Crippen molar-refractivity contribution in [1.29, 1.82) is 0 Å². The number of thiophene rings is 2. The molecule has 9 heteroatoms. The van der Waals surface area contributed by atoms with E-state index in [0.29, 0.717) is 6.42 Å². The van der Waals surface area contributed by atoms with Gasteiger partial charge in [0.05, 0.1) is 12.2 Å². The van der Waals surface area contributed by atoms with Gasteiger partial charge in [0.2, 0.25) is 10.0 Å². The Labute approximate surface area is 134 Å². The van der Waals surface area contributed by atoms with Gasteiger partial charge in [0.1, 0.15) is 0 Å². The first kappa shape index (κ1) is 17.5. The third-order valence-corrected chi connectivity index (χ3v) is 6.08. The van der Waals surface area contributed by atoms with Crippen LogP contribution in [0.25, 0.3) is 10.4 Å². The highest BCUT2D eigenvalue weighted by atomic mass is 32.2. The van der Waals surface area contributed by atoms with Crippen molar-refractivity contribution in [2.24, 2.45) is 0 Å². The molecule has 0 atom stereocenters. The third kappa shape index (κ3) is 5.71. The molecule has 0 aliphatic heterocycles. The molecular formula is C13H14F3NO2S3. The molecule has 3 nitrogen and oxygen atoms in total. The number of hydrogen-bond acceptors (Lipinski definition) is 4. The molecule has 0 fully saturated rings. The molecule has 0 aliphatic rings. The largest absolute Gasteiger partial charge is 0.390 e. The van der Waals surface area contributed by atoms with Gasteiger partial charge in [-0.1, -0.05) is 0 Å². The van der Waals surface area contributed by atoms with Crippen LogP contribution >= 0.6 is 22.7 Å². The van der Waals surface area contributed by atoms with Crippen molar-refractivity contribution in [1.82, 2.24) is 4.72 Å². The SMILES string of the molecule is O=S(=O)(CCC(F)(F)F)NCCc1ccc(-c2ccsc2)s1. The van der Waals surface area contributed by atoms with Crippen LogP contribution in [0.2, 0.25) is 0 Å². The van der Waals surface area contributed by atoms with Gasteiger partial charge in [0, 0.05) is 21.9 Å². The summed E-state index contributed by atoms with van der Waals surface area (Å²) in [5.74, 6) is -0.929. The molecule has 0 bridgehead atoms. The number of nitrogens with one attached hydrogen (secondary N) is 1. The molecule has 0 radical (unpaired) electrons. The van der Waals surface area contributed by atoms with Gasteiger partial charge in [-0.25, -0.2) is 13.1 Å². The summed E-state index contributed by atoms with van der Waals surface area (Å²) in [7, 11) is -3.89. The van der Waals surface area contributed by atoms with Crippen LogP contribution in [0.4, 0.5) is 13.2 Å². The Balaban J connectivity index is 1.81. The molecule has 0 aromatic carbocycles. The second kappa shape index (κ2) is 7.12. The molecule has 0 spiro atoms. The van der Waals surface area contributed by atoms with Gasteiger partial charge >= 0.3 is 6.18 Å². The Hall–Kier alpha value is -0.900. The zero-order chi connectivity index (χ0) is 16.2. The molecule has 0 saturated carbocycles. The summed E-state index contributed by atoms with van der Waals surface area (Å²) >= 11 is 3.15. The van der Waals surface area contributed by atoms with Crippen LogP contribution in [0.1, 0.15) is 11.3 Å². The summed E-state index contributed by atoms with van der Waals surface area (Å²) in [5.41, 5.74) is 1.12. The van der Waals surface area contributed by atoms with Crippen LogP contribution in [0.3, 0.4) is 0 Å². The maximum absolute atomic E-state index is 12.0. The summed E-state index contributed by atoms with van der Waals surface area (Å²) in [5, 5.41) is 4.00. The Morgan fingerprint density at radius 1 is 1.18 bits per heavy atom. The molecule has 0 amide bonds. The van der Waals surface area contributed by atoms with Crippen LogP contribution in [0.15, 0.2) is 29.0 Å². The second-order valence-electron chi connectivity index (χ2n) is 4.61. The van der Waals surface area contributed by atoms with Gasteiger partial charge in [0.15, 0.2) is 0 Å². The predicted octanol–water partition coefficient (Wildman–Crippen LogP) is 3.89. The quantitative estimate of drug-likeness (QED) is 0.805. The minimum atomic E-state index is -4.46. The zero-order valence-electron chi connectivity index (χ0n) is 11.4. The number of halogens is 3. The highest BCUT2D eigenvalue weighted by molar-refractivity contribution is 7.89. The Bertz CT molecular complexity index is 690. The van der Waals surface area contributed by atoms with Crippen molar-refractivity contribution < 1.29 is 21.6 Å². The standard InChI is InChI=1S/C13H14F3NO2S3/c14-13(15,16)5-8-22(18,19)17-6-3-11-1-2-12(21-11)10-4-7-20-9-10/h1-2,4,7,9,17H,3,5-6,8H2. The maximum Gasteiger partial charge on any atom is 0.390 e. The normalized spacial score (nSPS) is 12.7. The lowest BCUT2D eigenvalue weighted by molar-refractivity contribution is -0.129. The average Bonchev–Trinajstić information content (AvgIpc) is 3.06. The van der Waals surface area contributed by atoms with Gasteiger partial charge in [-0.3, -0.25) is 0 Å². The molecule has 22 heavy (non-hydrogen) atoms. The van der Waals surface area contributed by atoms with Crippen molar-refractivity contribution in [3.63, 3.8) is 0 Å². The van der Waals surface area contributed by atoms with E-state index >= 15 is 0 Å². The number of hydrogen-bond donors (Lipinski definition) is 1. The van der Waals surface area contributed by atoms with E-state index in [1.807, 2.05) is 29.0 Å². The molecule has 2 rings (SSSR count). The van der Waals surface area contributed by atoms with Crippen molar-refractivity contribution in [3.8, 4) is 10.4 Å². The Kier molecular flexibility index (Phi) is 5.65. The van der Waals surface area contributed by atoms with Gasteiger partial charge in [0.25, 0.3) is 0 Å². The van der Waals surface area contributed by atoms with Crippen molar-refractivity contribution in [3.05, 3.63) is 33.8 Å². The minimum absolute atomic E-state index is 0.101. The van der Waals surface area contributed by atoms with E-state index in [1.54, 1.807) is 22.7 Å². The topological polar surface area (TPSA) is 46.2 Å². The van der Waals surface area contributed by atoms with Crippen LogP contribution in [-0.4, -0.2) is 26.9 Å². The Morgan fingerprint density at radius 3 is 2.59 bits per heavy atom. The van der Waals surface area contributed by atoms with Gasteiger partial charge < -0.3 is 0 Å². The monoisotopic (exact) mass is 369 g/mol. The highest BCUT2D eigenvalue weighted by Crippen LogP contribution is 2.29. The smallest absolute Gasteiger partial charge is 0.215 e. The first-order chi connectivity index (χ1) is 10.3.